The lowest BCUT2D eigenvalue weighted by Crippen LogP contribution is -2.14. The molecule has 0 fully saturated rings. The maximum absolute atomic E-state index is 13.6. The zero-order chi connectivity index (χ0) is 20.9. The first-order valence-corrected chi connectivity index (χ1v) is 9.17. The average molecular weight is 405 g/mol. The number of carbonyl (C=O) groups excluding carboxylic acids is 1. The molecule has 1 amide bonds. The normalized spacial score (nSPS) is 10.6. The Hall–Kier alpha value is -4.00. The van der Waals surface area contributed by atoms with Gasteiger partial charge in [-0.1, -0.05) is 42.5 Å². The molecule has 4 aromatic rings. The Morgan fingerprint density at radius 2 is 1.67 bits per heavy atom. The van der Waals surface area contributed by atoms with Crippen molar-refractivity contribution in [1.29, 1.82) is 0 Å². The maximum Gasteiger partial charge on any atom is 0.276 e. The molecule has 1 aromatic heterocycles. The zero-order valence-corrected chi connectivity index (χ0v) is 15.8. The first-order valence-electron chi connectivity index (χ1n) is 9.17. The van der Waals surface area contributed by atoms with E-state index in [0.717, 1.165) is 23.3 Å². The number of halogens is 2. The summed E-state index contributed by atoms with van der Waals surface area (Å²) in [4.78, 5) is 12.4. The minimum Gasteiger partial charge on any atom is -0.468 e. The van der Waals surface area contributed by atoms with Gasteiger partial charge in [0, 0.05) is 18.0 Å². The molecule has 5 nitrogen and oxygen atoms in total. The topological polar surface area (TPSA) is 56.2 Å². The van der Waals surface area contributed by atoms with Crippen molar-refractivity contribution in [3.63, 3.8) is 0 Å². The maximum atomic E-state index is 13.6. The summed E-state index contributed by atoms with van der Waals surface area (Å²) in [7, 11) is 0. The van der Waals surface area contributed by atoms with Crippen LogP contribution in [0.1, 0.15) is 10.5 Å². The van der Waals surface area contributed by atoms with Crippen LogP contribution in [0, 0.1) is 11.6 Å². The van der Waals surface area contributed by atoms with Crippen molar-refractivity contribution in [2.24, 2.45) is 0 Å². The Kier molecular flexibility index (Phi) is 5.52. The molecule has 3 aromatic carbocycles. The molecule has 4 rings (SSSR count). The minimum atomic E-state index is -0.806. The summed E-state index contributed by atoms with van der Waals surface area (Å²) < 4.78 is 33.2. The van der Waals surface area contributed by atoms with Crippen molar-refractivity contribution >= 4 is 11.6 Å². The van der Waals surface area contributed by atoms with Crippen LogP contribution in [-0.2, 0) is 6.73 Å². The van der Waals surface area contributed by atoms with Gasteiger partial charge in [0.15, 0.2) is 24.0 Å². The van der Waals surface area contributed by atoms with E-state index in [1.54, 1.807) is 0 Å². The number of hydrogen-bond acceptors (Lipinski definition) is 3. The molecule has 150 valence electrons. The number of benzene rings is 3. The van der Waals surface area contributed by atoms with Gasteiger partial charge >= 0.3 is 0 Å². The van der Waals surface area contributed by atoms with E-state index < -0.39 is 11.6 Å². The van der Waals surface area contributed by atoms with Crippen molar-refractivity contribution in [2.45, 2.75) is 6.73 Å². The minimum absolute atomic E-state index is 0.101. The number of aromatic nitrogens is 2. The number of carbonyl (C=O) groups is 1. The summed E-state index contributed by atoms with van der Waals surface area (Å²) in [6, 6.07) is 22.0. The Bertz CT molecular complexity index is 1160. The monoisotopic (exact) mass is 405 g/mol. The van der Waals surface area contributed by atoms with Crippen molar-refractivity contribution < 1.29 is 18.3 Å². The van der Waals surface area contributed by atoms with Gasteiger partial charge in [0.05, 0.1) is 0 Å². The fourth-order valence-corrected chi connectivity index (χ4v) is 2.85. The van der Waals surface area contributed by atoms with Gasteiger partial charge in [-0.25, -0.2) is 13.5 Å². The van der Waals surface area contributed by atoms with E-state index >= 15 is 0 Å². The number of amides is 1. The summed E-state index contributed by atoms with van der Waals surface area (Å²) in [6.07, 6.45) is 1.54. The molecular formula is C23H17F2N3O2. The predicted molar refractivity (Wildman–Crippen MR) is 109 cm³/mol. The lowest BCUT2D eigenvalue weighted by atomic mass is 10.1. The van der Waals surface area contributed by atoms with Crippen molar-refractivity contribution in [3.05, 3.63) is 102 Å². The second-order valence-electron chi connectivity index (χ2n) is 6.49. The van der Waals surface area contributed by atoms with E-state index in [1.165, 1.54) is 23.0 Å². The van der Waals surface area contributed by atoms with Gasteiger partial charge in [0.2, 0.25) is 0 Å². The molecule has 7 heteroatoms. The largest absolute Gasteiger partial charge is 0.468 e. The number of nitrogens with one attached hydrogen (secondary N) is 1. The van der Waals surface area contributed by atoms with Gasteiger partial charge in [-0.3, -0.25) is 4.79 Å². The number of hydrogen-bond donors (Lipinski definition) is 1. The van der Waals surface area contributed by atoms with Gasteiger partial charge in [-0.2, -0.15) is 5.10 Å². The van der Waals surface area contributed by atoms with Crippen LogP contribution in [0.5, 0.6) is 5.75 Å². The molecule has 0 spiro atoms. The molecule has 1 N–H and O–H groups in total. The quantitative estimate of drug-likeness (QED) is 0.485. The van der Waals surface area contributed by atoms with Gasteiger partial charge in [0.25, 0.3) is 5.91 Å². The zero-order valence-electron chi connectivity index (χ0n) is 15.8. The fraction of sp³-hybridized carbons (Fsp3) is 0.0435. The number of anilines is 1. The van der Waals surface area contributed by atoms with E-state index in [2.05, 4.69) is 10.4 Å². The number of ether oxygens (including phenoxy) is 1. The van der Waals surface area contributed by atoms with E-state index in [1.807, 2.05) is 54.6 Å². The smallest absolute Gasteiger partial charge is 0.276 e. The highest BCUT2D eigenvalue weighted by Gasteiger charge is 2.11. The molecule has 0 atom stereocenters. The Labute approximate surface area is 171 Å². The van der Waals surface area contributed by atoms with E-state index in [9.17, 15) is 13.6 Å². The second kappa shape index (κ2) is 8.57. The SMILES string of the molecule is O=C(Nc1ccc(-c2ccccc2)cc1)c1ccn(COc2ccc(F)cc2F)n1. The summed E-state index contributed by atoms with van der Waals surface area (Å²) in [5.74, 6) is -1.97. The predicted octanol–water partition coefficient (Wildman–Crippen LogP) is 5.12. The third-order valence-electron chi connectivity index (χ3n) is 4.37. The molecule has 0 radical (unpaired) electrons. The van der Waals surface area contributed by atoms with Crippen LogP contribution < -0.4 is 10.1 Å². The van der Waals surface area contributed by atoms with Gasteiger partial charge in [-0.15, -0.1) is 0 Å². The van der Waals surface area contributed by atoms with Crippen LogP contribution in [0.3, 0.4) is 0 Å². The molecule has 0 unspecified atom stereocenters. The second-order valence-corrected chi connectivity index (χ2v) is 6.49. The molecule has 1 heterocycles. The molecular weight excluding hydrogens is 388 g/mol. The van der Waals surface area contributed by atoms with E-state index in [0.29, 0.717) is 5.69 Å². The van der Waals surface area contributed by atoms with Gasteiger partial charge in [-0.05, 0) is 41.5 Å². The van der Waals surface area contributed by atoms with Crippen LogP contribution >= 0.6 is 0 Å². The van der Waals surface area contributed by atoms with Crippen molar-refractivity contribution in [3.8, 4) is 16.9 Å². The Morgan fingerprint density at radius 1 is 0.933 bits per heavy atom. The molecule has 30 heavy (non-hydrogen) atoms. The average Bonchev–Trinajstić information content (AvgIpc) is 3.24. The Morgan fingerprint density at radius 3 is 2.40 bits per heavy atom. The highest BCUT2D eigenvalue weighted by molar-refractivity contribution is 6.02. The molecule has 0 aliphatic carbocycles. The Balaban J connectivity index is 1.37. The summed E-state index contributed by atoms with van der Waals surface area (Å²) in [5, 5.41) is 6.90. The lowest BCUT2D eigenvalue weighted by Gasteiger charge is -2.07. The first-order chi connectivity index (χ1) is 14.6. The van der Waals surface area contributed by atoms with Crippen LogP contribution in [0.4, 0.5) is 14.5 Å². The third kappa shape index (κ3) is 4.52. The molecule has 0 bridgehead atoms. The molecule has 0 saturated heterocycles. The lowest BCUT2D eigenvalue weighted by molar-refractivity contribution is 0.102. The van der Waals surface area contributed by atoms with E-state index in [-0.39, 0.29) is 24.1 Å². The number of nitrogens with zero attached hydrogens (tertiary/aromatic N) is 2. The van der Waals surface area contributed by atoms with Crippen LogP contribution in [0.15, 0.2) is 85.1 Å². The van der Waals surface area contributed by atoms with Crippen LogP contribution in [0.2, 0.25) is 0 Å². The summed E-state index contributed by atoms with van der Waals surface area (Å²) >= 11 is 0. The van der Waals surface area contributed by atoms with Crippen molar-refractivity contribution in [2.75, 3.05) is 5.32 Å². The summed E-state index contributed by atoms with van der Waals surface area (Å²) in [6.45, 7) is -0.123. The highest BCUT2D eigenvalue weighted by Crippen LogP contribution is 2.21. The third-order valence-corrected chi connectivity index (χ3v) is 4.37. The standard InChI is InChI=1S/C23H17F2N3O2/c24-18-8-11-22(20(25)14-18)30-15-28-13-12-21(27-28)23(29)26-19-9-6-17(7-10-19)16-4-2-1-3-5-16/h1-14H,15H2,(H,26,29). The van der Waals surface area contributed by atoms with E-state index in [4.69, 9.17) is 4.74 Å². The molecule has 0 saturated carbocycles. The van der Waals surface area contributed by atoms with Gasteiger partial charge < -0.3 is 10.1 Å². The van der Waals surface area contributed by atoms with Crippen LogP contribution in [0.25, 0.3) is 11.1 Å². The van der Waals surface area contributed by atoms with Crippen LogP contribution in [-0.4, -0.2) is 15.7 Å². The fourth-order valence-electron chi connectivity index (χ4n) is 2.85. The summed E-state index contributed by atoms with van der Waals surface area (Å²) in [5.41, 5.74) is 2.96. The number of rotatable bonds is 6. The first kappa shape index (κ1) is 19.3. The van der Waals surface area contributed by atoms with Crippen molar-refractivity contribution in [1.82, 2.24) is 9.78 Å². The molecule has 0 aliphatic heterocycles. The van der Waals surface area contributed by atoms with Gasteiger partial charge in [0.1, 0.15) is 5.82 Å². The highest BCUT2D eigenvalue weighted by atomic mass is 19.1. The molecule has 0 aliphatic rings.